The van der Waals surface area contributed by atoms with Crippen molar-refractivity contribution in [2.75, 3.05) is 21.3 Å². The molecule has 94 valence electrons. The second-order valence-electron chi connectivity index (χ2n) is 3.26. The molecule has 0 spiro atoms. The molecule has 0 aliphatic rings. The van der Waals surface area contributed by atoms with E-state index >= 15 is 0 Å². The van der Waals surface area contributed by atoms with Crippen LogP contribution in [0, 0.1) is 0 Å². The maximum absolute atomic E-state index is 10.9. The Labute approximate surface area is 98.9 Å². The number of carboxylic acid groups (broad SMARTS) is 1. The van der Waals surface area contributed by atoms with Crippen LogP contribution < -0.4 is 19.9 Å². The summed E-state index contributed by atoms with van der Waals surface area (Å²) in [6.07, 6.45) is 0. The summed E-state index contributed by atoms with van der Waals surface area (Å²) in [6, 6.07) is 1.90. The van der Waals surface area contributed by atoms with Gasteiger partial charge in [-0.05, 0) is 0 Å². The van der Waals surface area contributed by atoms with E-state index in [1.54, 1.807) is 12.1 Å². The van der Waals surface area contributed by atoms with Crippen LogP contribution in [0.25, 0.3) is 0 Å². The zero-order valence-corrected chi connectivity index (χ0v) is 9.89. The molecular weight excluding hydrogens is 226 g/mol. The molecule has 0 radical (unpaired) electrons. The number of aliphatic carboxylic acids is 1. The van der Waals surface area contributed by atoms with E-state index in [2.05, 4.69) is 0 Å². The van der Waals surface area contributed by atoms with E-state index in [1.807, 2.05) is 0 Å². The Morgan fingerprint density at radius 3 is 1.94 bits per heavy atom. The molecule has 3 N–H and O–H groups in total. The van der Waals surface area contributed by atoms with Crippen molar-refractivity contribution in [3.8, 4) is 17.2 Å². The van der Waals surface area contributed by atoms with E-state index in [9.17, 15) is 4.79 Å². The van der Waals surface area contributed by atoms with Crippen molar-refractivity contribution in [3.63, 3.8) is 0 Å². The third-order valence-corrected chi connectivity index (χ3v) is 2.33. The minimum Gasteiger partial charge on any atom is -0.496 e. The number of methoxy groups -OCH3 is 3. The molecule has 0 saturated heterocycles. The Hall–Kier alpha value is -1.95. The Kier molecular flexibility index (Phi) is 4.17. The summed E-state index contributed by atoms with van der Waals surface area (Å²) in [4.78, 5) is 10.9. The van der Waals surface area contributed by atoms with Gasteiger partial charge in [0.1, 0.15) is 23.3 Å². The number of benzene rings is 1. The van der Waals surface area contributed by atoms with Gasteiger partial charge in [-0.15, -0.1) is 0 Å². The van der Waals surface area contributed by atoms with Gasteiger partial charge in [0.05, 0.1) is 26.9 Å². The van der Waals surface area contributed by atoms with Crippen molar-refractivity contribution >= 4 is 5.97 Å². The highest BCUT2D eigenvalue weighted by Gasteiger charge is 2.24. The molecule has 0 saturated carbocycles. The molecule has 0 aliphatic carbocycles. The van der Waals surface area contributed by atoms with Crippen LogP contribution >= 0.6 is 0 Å². The van der Waals surface area contributed by atoms with E-state index in [-0.39, 0.29) is 5.56 Å². The first kappa shape index (κ1) is 13.1. The SMILES string of the molecule is COc1cc(OC)c([C@H](N)C(=O)O)c(OC)c1. The van der Waals surface area contributed by atoms with Gasteiger partial charge >= 0.3 is 5.97 Å². The topological polar surface area (TPSA) is 91.0 Å². The van der Waals surface area contributed by atoms with E-state index in [0.717, 1.165) is 0 Å². The van der Waals surface area contributed by atoms with Gasteiger partial charge in [0.25, 0.3) is 0 Å². The van der Waals surface area contributed by atoms with Crippen LogP contribution in [0.2, 0.25) is 0 Å². The zero-order valence-electron chi connectivity index (χ0n) is 9.89. The minimum atomic E-state index is -1.22. The third-order valence-electron chi connectivity index (χ3n) is 2.33. The van der Waals surface area contributed by atoms with Crippen molar-refractivity contribution < 1.29 is 24.1 Å². The number of hydrogen-bond donors (Lipinski definition) is 2. The molecule has 1 rings (SSSR count). The van der Waals surface area contributed by atoms with Crippen molar-refractivity contribution in [2.45, 2.75) is 6.04 Å². The third kappa shape index (κ3) is 2.59. The zero-order chi connectivity index (χ0) is 13.0. The summed E-state index contributed by atoms with van der Waals surface area (Å²) in [5, 5.41) is 8.93. The molecule has 0 aromatic heterocycles. The molecule has 0 fully saturated rings. The van der Waals surface area contributed by atoms with Gasteiger partial charge in [0, 0.05) is 12.1 Å². The molecule has 0 amide bonds. The first-order valence-corrected chi connectivity index (χ1v) is 4.83. The van der Waals surface area contributed by atoms with Crippen LogP contribution in [0.5, 0.6) is 17.2 Å². The first-order chi connectivity index (χ1) is 8.04. The van der Waals surface area contributed by atoms with Gasteiger partial charge in [-0.2, -0.15) is 0 Å². The average Bonchev–Trinajstić information content (AvgIpc) is 2.35. The molecule has 17 heavy (non-hydrogen) atoms. The van der Waals surface area contributed by atoms with Gasteiger partial charge in [0.15, 0.2) is 0 Å². The monoisotopic (exact) mass is 241 g/mol. The fourth-order valence-electron chi connectivity index (χ4n) is 1.46. The van der Waals surface area contributed by atoms with Crippen molar-refractivity contribution in [3.05, 3.63) is 17.7 Å². The molecule has 0 bridgehead atoms. The largest absolute Gasteiger partial charge is 0.496 e. The van der Waals surface area contributed by atoms with Crippen LogP contribution in [0.15, 0.2) is 12.1 Å². The van der Waals surface area contributed by atoms with Crippen molar-refractivity contribution in [1.29, 1.82) is 0 Å². The molecule has 1 aromatic carbocycles. The lowest BCUT2D eigenvalue weighted by atomic mass is 10.0. The quantitative estimate of drug-likeness (QED) is 0.792. The van der Waals surface area contributed by atoms with E-state index in [4.69, 9.17) is 25.1 Å². The maximum Gasteiger partial charge on any atom is 0.325 e. The van der Waals surface area contributed by atoms with Crippen LogP contribution in [0.4, 0.5) is 0 Å². The highest BCUT2D eigenvalue weighted by atomic mass is 16.5. The molecule has 0 heterocycles. The molecule has 0 unspecified atom stereocenters. The fourth-order valence-corrected chi connectivity index (χ4v) is 1.46. The molecular formula is C11H15NO5. The summed E-state index contributed by atoms with van der Waals surface area (Å²) >= 11 is 0. The number of hydrogen-bond acceptors (Lipinski definition) is 5. The summed E-state index contributed by atoms with van der Waals surface area (Å²) in [7, 11) is 4.34. The lowest BCUT2D eigenvalue weighted by Crippen LogP contribution is -2.22. The number of carboxylic acids is 1. The first-order valence-electron chi connectivity index (χ1n) is 4.83. The second-order valence-corrected chi connectivity index (χ2v) is 3.26. The van der Waals surface area contributed by atoms with Crippen LogP contribution in [-0.4, -0.2) is 32.4 Å². The van der Waals surface area contributed by atoms with Crippen LogP contribution in [0.1, 0.15) is 11.6 Å². The number of ether oxygens (including phenoxy) is 3. The van der Waals surface area contributed by atoms with E-state index in [0.29, 0.717) is 17.2 Å². The second kappa shape index (κ2) is 5.40. The highest BCUT2D eigenvalue weighted by Crippen LogP contribution is 2.37. The Balaban J connectivity index is 3.39. The molecule has 0 aliphatic heterocycles. The van der Waals surface area contributed by atoms with Crippen LogP contribution in [-0.2, 0) is 4.79 Å². The summed E-state index contributed by atoms with van der Waals surface area (Å²) in [5.41, 5.74) is 5.86. The van der Waals surface area contributed by atoms with Gasteiger partial charge < -0.3 is 25.1 Å². The summed E-state index contributed by atoms with van der Waals surface area (Å²) in [5.74, 6) is -0.0287. The summed E-state index contributed by atoms with van der Waals surface area (Å²) < 4.78 is 15.2. The molecule has 1 aromatic rings. The molecule has 6 heteroatoms. The maximum atomic E-state index is 10.9. The lowest BCUT2D eigenvalue weighted by Gasteiger charge is -2.17. The molecule has 1 atom stereocenters. The predicted molar refractivity (Wildman–Crippen MR) is 60.7 cm³/mol. The molecule has 6 nitrogen and oxygen atoms in total. The van der Waals surface area contributed by atoms with Gasteiger partial charge in [-0.3, -0.25) is 4.79 Å². The average molecular weight is 241 g/mol. The fraction of sp³-hybridized carbons (Fsp3) is 0.364. The predicted octanol–water partition coefficient (Wildman–Crippen LogP) is 0.797. The normalized spacial score (nSPS) is 11.8. The van der Waals surface area contributed by atoms with Crippen molar-refractivity contribution in [1.82, 2.24) is 0 Å². The minimum absolute atomic E-state index is 0.281. The standard InChI is InChI=1S/C11H15NO5/c1-15-6-4-7(16-2)9(8(5-6)17-3)10(12)11(13)14/h4-5,10H,12H2,1-3H3,(H,13,14)/t10-/m0/s1. The number of nitrogens with two attached hydrogens (primary N) is 1. The Bertz CT molecular complexity index is 393. The van der Waals surface area contributed by atoms with E-state index < -0.39 is 12.0 Å². The Morgan fingerprint density at radius 1 is 1.18 bits per heavy atom. The van der Waals surface area contributed by atoms with Crippen molar-refractivity contribution in [2.24, 2.45) is 5.73 Å². The lowest BCUT2D eigenvalue weighted by molar-refractivity contribution is -0.138. The van der Waals surface area contributed by atoms with E-state index in [1.165, 1.54) is 21.3 Å². The smallest absolute Gasteiger partial charge is 0.325 e. The van der Waals surface area contributed by atoms with Gasteiger partial charge in [-0.25, -0.2) is 0 Å². The highest BCUT2D eigenvalue weighted by molar-refractivity contribution is 5.78. The number of rotatable bonds is 5. The Morgan fingerprint density at radius 2 is 1.65 bits per heavy atom. The van der Waals surface area contributed by atoms with Crippen LogP contribution in [0.3, 0.4) is 0 Å². The van der Waals surface area contributed by atoms with Gasteiger partial charge in [-0.1, -0.05) is 0 Å². The number of carbonyl (C=O) groups is 1. The summed E-state index contributed by atoms with van der Waals surface area (Å²) in [6.45, 7) is 0. The van der Waals surface area contributed by atoms with Gasteiger partial charge in [0.2, 0.25) is 0 Å².